The Balaban J connectivity index is 1.39. The van der Waals surface area contributed by atoms with Crippen molar-refractivity contribution in [3.63, 3.8) is 0 Å². The van der Waals surface area contributed by atoms with Crippen LogP contribution >= 0.6 is 0 Å². The third-order valence-corrected chi connectivity index (χ3v) is 13.4. The van der Waals surface area contributed by atoms with Crippen molar-refractivity contribution in [2.75, 3.05) is 72.1 Å². The molecule has 0 amide bonds. The summed E-state index contributed by atoms with van der Waals surface area (Å²) < 4.78 is 0. The van der Waals surface area contributed by atoms with Crippen molar-refractivity contribution in [1.82, 2.24) is 50.0 Å². The zero-order valence-electron chi connectivity index (χ0n) is 40.7. The van der Waals surface area contributed by atoms with Gasteiger partial charge in [0, 0.05) is 115 Å². The predicted octanol–water partition coefficient (Wildman–Crippen LogP) is -5.82. The van der Waals surface area contributed by atoms with Crippen LogP contribution in [0.4, 0.5) is 0 Å². The monoisotopic (exact) mass is 966 g/mol. The second-order valence-electron chi connectivity index (χ2n) is 18.2. The number of nitrogens with one attached hydrogen (secondary N) is 2. The number of pyridine rings is 2. The van der Waals surface area contributed by atoms with Crippen molar-refractivity contribution in [3.05, 3.63) is 58.2 Å². The second kappa shape index (κ2) is 27.3. The molecule has 4 bridgehead atoms. The Labute approximate surface area is 404 Å². The fraction of sp³-hybridized carbons (Fsp3) is 0.660. The molecule has 0 aromatic carbocycles. The zero-order valence-corrected chi connectivity index (χ0v) is 40.7. The Kier molecular flexibility index (Phi) is 22.3. The van der Waals surface area contributed by atoms with Gasteiger partial charge in [0.25, 0.3) is 0 Å². The van der Waals surface area contributed by atoms with Gasteiger partial charge in [-0.05, 0) is 116 Å². The normalized spacial score (nSPS) is 19.6. The third kappa shape index (κ3) is 17.6. The van der Waals surface area contributed by atoms with Crippen molar-refractivity contribution in [1.29, 1.82) is 0 Å². The van der Waals surface area contributed by atoms with Crippen LogP contribution in [0.15, 0.2) is 24.3 Å². The number of rotatable bonds is 22. The molecule has 384 valence electrons. The first-order valence-corrected chi connectivity index (χ1v) is 23.7. The van der Waals surface area contributed by atoms with Crippen LogP contribution < -0.4 is 36.2 Å². The maximum Gasteiger partial charge on any atom is 0.320 e. The number of aryl methyl sites for hydroxylation is 2. The molecule has 6 unspecified atom stereocenters. The van der Waals surface area contributed by atoms with E-state index in [-0.39, 0.29) is 78.5 Å². The van der Waals surface area contributed by atoms with E-state index in [9.17, 15) is 59.4 Å². The molecule has 2 aliphatic heterocycles. The standard InChI is InChI=1S/C47H74N10O12/c1-30(42(58)59)52-13-17-54(32(3)44(62)63)25-38-21-36(22-39(50-38)26-55(18-14-52)33(4)45(64)65)9-7-11-48-29-49-12-8-10-37-23-40-27-56(34(5)46(66)67)19-15-53(31(2)43(60)61)16-20-57(35(6)47(68)69)28-41(24-37)51-40/h21-24,30-35,48-49H,7-20,25-29H2,1-6H3,(H,58,59)(H,60,61)(H,62,63)(H,64,65)(H,66,67)(H,68,69)/p-5. The van der Waals surface area contributed by atoms with Gasteiger partial charge in [0.2, 0.25) is 0 Å². The molecule has 0 saturated heterocycles. The van der Waals surface area contributed by atoms with Crippen LogP contribution in [0.5, 0.6) is 0 Å². The SMILES string of the molecule is CC(C(=O)[O-])N1CCN(C(C)C(=O)[O-])Cc2cc(CCCNCNCCCc3cc4nc(c3)CN(C(C)C(=O)O)CCN(C(C)C(=O)[O-])CCN(C(C)C(=O)[O-])C4)cc(n2)CN(C(C)C(=O)[O-])CC1. The van der Waals surface area contributed by atoms with E-state index in [0.717, 1.165) is 24.0 Å². The van der Waals surface area contributed by atoms with Gasteiger partial charge < -0.3 is 65.2 Å². The number of fused-ring (bicyclic) bond motifs is 4. The first-order chi connectivity index (χ1) is 32.6. The van der Waals surface area contributed by atoms with Gasteiger partial charge in [-0.3, -0.25) is 44.2 Å². The highest BCUT2D eigenvalue weighted by atomic mass is 16.4. The quantitative estimate of drug-likeness (QED) is 0.0731. The number of aliphatic carboxylic acids is 6. The second-order valence-corrected chi connectivity index (χ2v) is 18.2. The van der Waals surface area contributed by atoms with Crippen LogP contribution in [0.1, 0.15) is 88.3 Å². The Morgan fingerprint density at radius 3 is 0.971 bits per heavy atom. The maximum absolute atomic E-state index is 12.1. The van der Waals surface area contributed by atoms with Gasteiger partial charge in [0.05, 0.1) is 52.6 Å². The van der Waals surface area contributed by atoms with E-state index in [4.69, 9.17) is 9.97 Å². The summed E-state index contributed by atoms with van der Waals surface area (Å²) in [5.74, 6) is -7.45. The van der Waals surface area contributed by atoms with Gasteiger partial charge in [-0.15, -0.1) is 0 Å². The summed E-state index contributed by atoms with van der Waals surface area (Å²) in [4.78, 5) is 91.6. The van der Waals surface area contributed by atoms with Gasteiger partial charge in [-0.1, -0.05) is 0 Å². The fourth-order valence-corrected chi connectivity index (χ4v) is 8.55. The van der Waals surface area contributed by atoms with E-state index in [1.807, 2.05) is 24.3 Å². The molecular weight excluding hydrogens is 897 g/mol. The molecule has 0 spiro atoms. The minimum atomic E-state index is -1.30. The first kappa shape index (κ1) is 56.4. The van der Waals surface area contributed by atoms with Gasteiger partial charge in [0.15, 0.2) is 0 Å². The molecule has 3 N–H and O–H groups in total. The molecule has 4 heterocycles. The third-order valence-electron chi connectivity index (χ3n) is 13.4. The Hall–Kier alpha value is -5.20. The summed E-state index contributed by atoms with van der Waals surface area (Å²) in [6.07, 6.45) is 2.77. The number of carboxylic acid groups (broad SMARTS) is 6. The van der Waals surface area contributed by atoms with Crippen LogP contribution in [-0.2, 0) is 67.8 Å². The number of carboxylic acids is 6. The summed E-state index contributed by atoms with van der Waals surface area (Å²) >= 11 is 0. The smallest absolute Gasteiger partial charge is 0.320 e. The molecule has 0 radical (unpaired) electrons. The number of carbonyl (C=O) groups excluding carboxylic acids is 5. The molecule has 22 heteroatoms. The number of hydrogen-bond donors (Lipinski definition) is 3. The predicted molar refractivity (Wildman–Crippen MR) is 240 cm³/mol. The van der Waals surface area contributed by atoms with E-state index < -0.39 is 72.1 Å². The highest BCUT2D eigenvalue weighted by Crippen LogP contribution is 2.19. The lowest BCUT2D eigenvalue weighted by Crippen LogP contribution is -2.54. The number of aromatic nitrogens is 2. The molecule has 4 rings (SSSR count). The van der Waals surface area contributed by atoms with E-state index >= 15 is 0 Å². The first-order valence-electron chi connectivity index (χ1n) is 23.7. The molecule has 0 fully saturated rings. The van der Waals surface area contributed by atoms with Crippen molar-refractivity contribution in [3.8, 4) is 0 Å². The molecule has 2 aromatic rings. The summed E-state index contributed by atoms with van der Waals surface area (Å²) in [5, 5.41) is 76.5. The Morgan fingerprint density at radius 1 is 0.464 bits per heavy atom. The summed E-state index contributed by atoms with van der Waals surface area (Å²) in [6, 6.07) is 1.76. The van der Waals surface area contributed by atoms with Crippen LogP contribution in [0.25, 0.3) is 0 Å². The van der Waals surface area contributed by atoms with E-state index in [1.165, 1.54) is 34.6 Å². The van der Waals surface area contributed by atoms with Gasteiger partial charge in [-0.2, -0.15) is 0 Å². The maximum atomic E-state index is 12.1. The molecule has 69 heavy (non-hydrogen) atoms. The fourth-order valence-electron chi connectivity index (χ4n) is 8.55. The number of nitrogens with zero attached hydrogens (tertiary/aromatic N) is 8. The molecule has 2 aliphatic rings. The summed E-state index contributed by atoms with van der Waals surface area (Å²) in [6.45, 7) is 13.0. The Bertz CT molecular complexity index is 1820. The lowest BCUT2D eigenvalue weighted by Gasteiger charge is -2.38. The van der Waals surface area contributed by atoms with Gasteiger partial charge >= 0.3 is 5.97 Å². The van der Waals surface area contributed by atoms with Crippen molar-refractivity contribution in [2.45, 2.75) is 130 Å². The largest absolute Gasteiger partial charge is 0.548 e. The van der Waals surface area contributed by atoms with Crippen LogP contribution in [0.2, 0.25) is 0 Å². The van der Waals surface area contributed by atoms with Crippen LogP contribution in [0, 0.1) is 0 Å². The molecular formula is C47H69N10O12-5. The highest BCUT2D eigenvalue weighted by Gasteiger charge is 2.28. The highest BCUT2D eigenvalue weighted by molar-refractivity contribution is 5.73. The van der Waals surface area contributed by atoms with E-state index in [2.05, 4.69) is 10.6 Å². The molecule has 2 aromatic heterocycles. The summed E-state index contributed by atoms with van der Waals surface area (Å²) in [5.41, 5.74) is 4.27. The lowest BCUT2D eigenvalue weighted by molar-refractivity contribution is -0.313. The van der Waals surface area contributed by atoms with Crippen LogP contribution in [-0.4, -0.2) is 189 Å². The van der Waals surface area contributed by atoms with Crippen molar-refractivity contribution in [2.24, 2.45) is 0 Å². The topological polar surface area (TPSA) is 307 Å². The number of carbonyl (C=O) groups is 6. The summed E-state index contributed by atoms with van der Waals surface area (Å²) in [7, 11) is 0. The molecule has 0 aliphatic carbocycles. The molecule has 22 nitrogen and oxygen atoms in total. The molecule has 6 atom stereocenters. The minimum Gasteiger partial charge on any atom is -0.548 e. The molecule has 0 saturated carbocycles. The average Bonchev–Trinajstić information content (AvgIpc) is 3.29. The average molecular weight is 966 g/mol. The Morgan fingerprint density at radius 2 is 0.710 bits per heavy atom. The van der Waals surface area contributed by atoms with E-state index in [1.54, 1.807) is 36.3 Å². The van der Waals surface area contributed by atoms with Crippen molar-refractivity contribution >= 4 is 35.8 Å². The minimum absolute atomic E-state index is 0.138. The zero-order chi connectivity index (χ0) is 50.9. The van der Waals surface area contributed by atoms with Gasteiger partial charge in [-0.25, -0.2) is 0 Å². The van der Waals surface area contributed by atoms with E-state index in [0.29, 0.717) is 55.4 Å². The lowest BCUT2D eigenvalue weighted by atomic mass is 10.1. The number of hydrogen-bond acceptors (Lipinski definition) is 21. The van der Waals surface area contributed by atoms with Crippen LogP contribution in [0.3, 0.4) is 0 Å². The van der Waals surface area contributed by atoms with Gasteiger partial charge in [0.1, 0.15) is 6.04 Å². The van der Waals surface area contributed by atoms with Crippen molar-refractivity contribution < 1.29 is 59.4 Å².